The van der Waals surface area contributed by atoms with Crippen molar-refractivity contribution in [2.75, 3.05) is 46.9 Å². The molecule has 0 atom stereocenters. The maximum Gasteiger partial charge on any atom is 0.119 e. The zero-order valence-electron chi connectivity index (χ0n) is 14.0. The molecule has 0 bridgehead atoms. The first-order valence-electron chi connectivity index (χ1n) is 7.80. The maximum atomic E-state index is 5.86. The van der Waals surface area contributed by atoms with Crippen molar-refractivity contribution in [3.63, 3.8) is 0 Å². The first-order valence-corrected chi connectivity index (χ1v) is 7.80. The monoisotopic (exact) mass is 293 g/mol. The zero-order chi connectivity index (χ0) is 15.7. The minimum atomic E-state index is 0.555. The lowest BCUT2D eigenvalue weighted by atomic mass is 10.2. The Hall–Kier alpha value is -1.10. The topological polar surface area (TPSA) is 41.7 Å². The van der Waals surface area contributed by atoms with Crippen molar-refractivity contribution < 1.29 is 4.74 Å². The number of ether oxygens (including phenoxy) is 1. The van der Waals surface area contributed by atoms with Crippen molar-refractivity contribution in [2.45, 2.75) is 20.4 Å². The number of nitrogens with zero attached hydrogens (tertiary/aromatic N) is 2. The van der Waals surface area contributed by atoms with Crippen LogP contribution < -0.4 is 10.5 Å². The number of hydrogen-bond donors (Lipinski definition) is 1. The predicted octanol–water partition coefficient (Wildman–Crippen LogP) is 2.04. The van der Waals surface area contributed by atoms with Gasteiger partial charge in [-0.3, -0.25) is 4.90 Å². The second-order valence-electron chi connectivity index (χ2n) is 6.20. The second-order valence-corrected chi connectivity index (χ2v) is 6.20. The van der Waals surface area contributed by atoms with E-state index in [2.05, 4.69) is 37.7 Å². The summed E-state index contributed by atoms with van der Waals surface area (Å²) in [7, 11) is 4.23. The van der Waals surface area contributed by atoms with Gasteiger partial charge in [-0.15, -0.1) is 0 Å². The minimum absolute atomic E-state index is 0.555. The van der Waals surface area contributed by atoms with Gasteiger partial charge >= 0.3 is 0 Å². The largest absolute Gasteiger partial charge is 0.492 e. The molecule has 1 aromatic carbocycles. The molecule has 4 nitrogen and oxygen atoms in total. The van der Waals surface area contributed by atoms with Crippen LogP contribution in [0.25, 0.3) is 0 Å². The van der Waals surface area contributed by atoms with Gasteiger partial charge < -0.3 is 15.4 Å². The summed E-state index contributed by atoms with van der Waals surface area (Å²) in [6.45, 7) is 10.0. The molecule has 2 N–H and O–H groups in total. The summed E-state index contributed by atoms with van der Waals surface area (Å²) in [5, 5.41) is 0. The standard InChI is InChI=1S/C17H31N3O/c1-15(2)14-20(9-8-19(3)4)10-11-21-17-7-5-6-16(12-17)13-18/h5-7,12,15H,8-11,13-14,18H2,1-4H3. The van der Waals surface area contributed by atoms with Crippen LogP contribution in [0.2, 0.25) is 0 Å². The molecule has 120 valence electrons. The van der Waals surface area contributed by atoms with E-state index in [0.717, 1.165) is 37.5 Å². The summed E-state index contributed by atoms with van der Waals surface area (Å²) in [6.07, 6.45) is 0. The highest BCUT2D eigenvalue weighted by molar-refractivity contribution is 5.28. The van der Waals surface area contributed by atoms with Crippen molar-refractivity contribution in [3.05, 3.63) is 29.8 Å². The predicted molar refractivity (Wildman–Crippen MR) is 89.7 cm³/mol. The number of hydrogen-bond acceptors (Lipinski definition) is 4. The first kappa shape index (κ1) is 18.0. The highest BCUT2D eigenvalue weighted by Gasteiger charge is 2.08. The molecule has 0 saturated heterocycles. The molecule has 4 heteroatoms. The fourth-order valence-corrected chi connectivity index (χ4v) is 2.21. The molecule has 0 heterocycles. The van der Waals surface area contributed by atoms with Crippen LogP contribution in [0.15, 0.2) is 24.3 Å². The minimum Gasteiger partial charge on any atom is -0.492 e. The number of benzene rings is 1. The van der Waals surface area contributed by atoms with Crippen molar-refractivity contribution in [1.82, 2.24) is 9.80 Å². The van der Waals surface area contributed by atoms with E-state index in [4.69, 9.17) is 10.5 Å². The molecule has 0 saturated carbocycles. The zero-order valence-corrected chi connectivity index (χ0v) is 14.0. The summed E-state index contributed by atoms with van der Waals surface area (Å²) in [6, 6.07) is 8.03. The van der Waals surface area contributed by atoms with Crippen molar-refractivity contribution in [1.29, 1.82) is 0 Å². The Morgan fingerprint density at radius 3 is 2.52 bits per heavy atom. The Balaban J connectivity index is 2.40. The SMILES string of the molecule is CC(C)CN(CCOc1cccc(CN)c1)CCN(C)C. The first-order chi connectivity index (χ1) is 10.0. The molecule has 0 amide bonds. The third-order valence-electron chi connectivity index (χ3n) is 3.30. The highest BCUT2D eigenvalue weighted by Crippen LogP contribution is 2.12. The molecule has 0 unspecified atom stereocenters. The summed E-state index contributed by atoms with van der Waals surface area (Å²) < 4.78 is 5.86. The number of rotatable bonds is 10. The van der Waals surface area contributed by atoms with Gasteiger partial charge in [0.25, 0.3) is 0 Å². The van der Waals surface area contributed by atoms with Gasteiger partial charge in [-0.05, 0) is 37.7 Å². The second kappa shape index (κ2) is 9.77. The quantitative estimate of drug-likeness (QED) is 0.717. The molecule has 0 spiro atoms. The van der Waals surface area contributed by atoms with Gasteiger partial charge in [0.15, 0.2) is 0 Å². The number of nitrogens with two attached hydrogens (primary N) is 1. The lowest BCUT2D eigenvalue weighted by Gasteiger charge is -2.25. The van der Waals surface area contributed by atoms with Gasteiger partial charge in [-0.25, -0.2) is 0 Å². The van der Waals surface area contributed by atoms with Gasteiger partial charge in [-0.2, -0.15) is 0 Å². The Labute approximate surface area is 129 Å². The average Bonchev–Trinajstić information content (AvgIpc) is 2.44. The van der Waals surface area contributed by atoms with Crippen molar-refractivity contribution >= 4 is 0 Å². The van der Waals surface area contributed by atoms with Crippen LogP contribution in [0, 0.1) is 5.92 Å². The van der Waals surface area contributed by atoms with Crippen LogP contribution >= 0.6 is 0 Å². The van der Waals surface area contributed by atoms with E-state index < -0.39 is 0 Å². The van der Waals surface area contributed by atoms with E-state index in [-0.39, 0.29) is 0 Å². The average molecular weight is 293 g/mol. The fourth-order valence-electron chi connectivity index (χ4n) is 2.21. The summed E-state index contributed by atoms with van der Waals surface area (Å²) in [5.74, 6) is 1.59. The molecule has 0 aliphatic carbocycles. The molecule has 0 aliphatic rings. The molecular weight excluding hydrogens is 262 g/mol. The van der Waals surface area contributed by atoms with Crippen molar-refractivity contribution in [2.24, 2.45) is 11.7 Å². The lowest BCUT2D eigenvalue weighted by Crippen LogP contribution is -2.37. The Kier molecular flexibility index (Phi) is 8.35. The molecule has 21 heavy (non-hydrogen) atoms. The summed E-state index contributed by atoms with van der Waals surface area (Å²) >= 11 is 0. The van der Waals surface area contributed by atoms with E-state index >= 15 is 0 Å². The fraction of sp³-hybridized carbons (Fsp3) is 0.647. The summed E-state index contributed by atoms with van der Waals surface area (Å²) in [4.78, 5) is 4.69. The van der Waals surface area contributed by atoms with Gasteiger partial charge in [0.2, 0.25) is 0 Å². The molecule has 0 aliphatic heterocycles. The molecule has 0 radical (unpaired) electrons. The smallest absolute Gasteiger partial charge is 0.119 e. The van der Waals surface area contributed by atoms with Crippen LogP contribution in [0.3, 0.4) is 0 Å². The Morgan fingerprint density at radius 1 is 1.14 bits per heavy atom. The van der Waals surface area contributed by atoms with E-state index in [1.165, 1.54) is 0 Å². The molecule has 1 rings (SSSR count). The Morgan fingerprint density at radius 2 is 1.90 bits per heavy atom. The van der Waals surface area contributed by atoms with Crippen LogP contribution in [0.1, 0.15) is 19.4 Å². The Bertz CT molecular complexity index is 393. The molecular formula is C17H31N3O. The third-order valence-corrected chi connectivity index (χ3v) is 3.30. The van der Waals surface area contributed by atoms with Gasteiger partial charge in [-0.1, -0.05) is 26.0 Å². The van der Waals surface area contributed by atoms with Gasteiger partial charge in [0, 0.05) is 32.7 Å². The van der Waals surface area contributed by atoms with E-state index in [1.54, 1.807) is 0 Å². The third kappa shape index (κ3) is 8.05. The van der Waals surface area contributed by atoms with Gasteiger partial charge in [0.1, 0.15) is 12.4 Å². The lowest BCUT2D eigenvalue weighted by molar-refractivity contribution is 0.179. The van der Waals surface area contributed by atoms with E-state index in [0.29, 0.717) is 19.1 Å². The van der Waals surface area contributed by atoms with Crippen LogP contribution in [-0.4, -0.2) is 56.7 Å². The van der Waals surface area contributed by atoms with Crippen molar-refractivity contribution in [3.8, 4) is 5.75 Å². The van der Waals surface area contributed by atoms with E-state index in [1.807, 2.05) is 24.3 Å². The van der Waals surface area contributed by atoms with Crippen LogP contribution in [0.4, 0.5) is 0 Å². The molecule has 0 aromatic heterocycles. The summed E-state index contributed by atoms with van der Waals surface area (Å²) in [5.41, 5.74) is 6.76. The maximum absolute atomic E-state index is 5.86. The van der Waals surface area contributed by atoms with Crippen LogP contribution in [-0.2, 0) is 6.54 Å². The number of likely N-dealkylation sites (N-methyl/N-ethyl adjacent to an activating group) is 1. The van der Waals surface area contributed by atoms with Gasteiger partial charge in [0.05, 0.1) is 0 Å². The molecule has 0 fully saturated rings. The normalized spacial score (nSPS) is 11.6. The molecule has 1 aromatic rings. The van der Waals surface area contributed by atoms with Crippen LogP contribution in [0.5, 0.6) is 5.75 Å². The van der Waals surface area contributed by atoms with E-state index in [9.17, 15) is 0 Å². The highest BCUT2D eigenvalue weighted by atomic mass is 16.5.